The highest BCUT2D eigenvalue weighted by Crippen LogP contribution is 2.38. The minimum absolute atomic E-state index is 0.0685. The van der Waals surface area contributed by atoms with Gasteiger partial charge in [0.15, 0.2) is 11.6 Å². The first kappa shape index (κ1) is 20.1. The number of halogens is 1. The van der Waals surface area contributed by atoms with Crippen LogP contribution in [-0.4, -0.2) is 23.6 Å². The lowest BCUT2D eigenvalue weighted by atomic mass is 10.0. The summed E-state index contributed by atoms with van der Waals surface area (Å²) in [7, 11) is 1.66. The summed E-state index contributed by atoms with van der Waals surface area (Å²) in [5.41, 5.74) is 3.48. The number of hydrogen-bond acceptors (Lipinski definition) is 5. The molecular formula is C24H27FN4O. The van der Waals surface area contributed by atoms with E-state index in [1.165, 1.54) is 11.9 Å². The molecule has 1 aromatic heterocycles. The summed E-state index contributed by atoms with van der Waals surface area (Å²) in [4.78, 5) is 10.5. The van der Waals surface area contributed by atoms with Crippen LogP contribution in [0, 0.1) is 5.82 Å². The van der Waals surface area contributed by atoms with Gasteiger partial charge < -0.3 is 15.0 Å². The Balaban J connectivity index is 1.53. The van der Waals surface area contributed by atoms with Crippen molar-refractivity contribution in [1.29, 1.82) is 0 Å². The first-order chi connectivity index (χ1) is 14.7. The van der Waals surface area contributed by atoms with Crippen LogP contribution in [0.5, 0.6) is 5.75 Å². The van der Waals surface area contributed by atoms with E-state index in [2.05, 4.69) is 52.5 Å². The fourth-order valence-corrected chi connectivity index (χ4v) is 3.98. The van der Waals surface area contributed by atoms with Gasteiger partial charge in [0.05, 0.1) is 13.2 Å². The topological polar surface area (TPSA) is 50.3 Å². The molecule has 6 heteroatoms. The number of aryl methyl sites for hydroxylation is 1. The monoisotopic (exact) mass is 406 g/mol. The zero-order valence-corrected chi connectivity index (χ0v) is 17.4. The average molecular weight is 407 g/mol. The summed E-state index contributed by atoms with van der Waals surface area (Å²) >= 11 is 0. The van der Waals surface area contributed by atoms with Crippen molar-refractivity contribution in [2.45, 2.75) is 38.8 Å². The molecule has 1 saturated heterocycles. The molecule has 0 aliphatic carbocycles. The van der Waals surface area contributed by atoms with Crippen molar-refractivity contribution in [3.8, 4) is 5.75 Å². The number of anilines is 2. The molecule has 1 aliphatic heterocycles. The van der Waals surface area contributed by atoms with Crippen molar-refractivity contribution >= 4 is 11.6 Å². The fraction of sp³-hybridized carbons (Fsp3) is 0.333. The van der Waals surface area contributed by atoms with Crippen LogP contribution < -0.4 is 15.0 Å². The Morgan fingerprint density at radius 1 is 1.13 bits per heavy atom. The molecule has 30 heavy (non-hydrogen) atoms. The molecule has 2 heterocycles. The zero-order chi connectivity index (χ0) is 20.9. The minimum atomic E-state index is -0.405. The smallest absolute Gasteiger partial charge is 0.207 e. The second-order valence-electron chi connectivity index (χ2n) is 7.51. The Kier molecular flexibility index (Phi) is 6.12. The third-order valence-electron chi connectivity index (χ3n) is 5.67. The molecule has 0 amide bonds. The lowest BCUT2D eigenvalue weighted by Gasteiger charge is -2.27. The quantitative estimate of drug-likeness (QED) is 0.589. The molecule has 0 bridgehead atoms. The average Bonchev–Trinajstić information content (AvgIpc) is 3.28. The van der Waals surface area contributed by atoms with Crippen LogP contribution in [0.25, 0.3) is 0 Å². The summed E-state index contributed by atoms with van der Waals surface area (Å²) in [5, 5.41) is 3.13. The fourth-order valence-electron chi connectivity index (χ4n) is 3.98. The molecule has 0 radical (unpaired) electrons. The summed E-state index contributed by atoms with van der Waals surface area (Å²) in [5.74, 6) is 0.978. The maximum absolute atomic E-state index is 15.3. The predicted octanol–water partition coefficient (Wildman–Crippen LogP) is 5.14. The van der Waals surface area contributed by atoms with E-state index in [0.717, 1.165) is 42.7 Å². The largest absolute Gasteiger partial charge is 0.497 e. The van der Waals surface area contributed by atoms with E-state index in [4.69, 9.17) is 4.74 Å². The van der Waals surface area contributed by atoms with Gasteiger partial charge in [-0.15, -0.1) is 0 Å². The van der Waals surface area contributed by atoms with Gasteiger partial charge in [-0.05, 0) is 48.1 Å². The molecule has 4 rings (SSSR count). The summed E-state index contributed by atoms with van der Waals surface area (Å²) < 4.78 is 20.7. The third-order valence-corrected chi connectivity index (χ3v) is 5.67. The SMILES string of the molecule is CCc1ccc(CNc2ncnc(N3CCCC3c3cccc(OC)c3)c2F)cc1. The van der Waals surface area contributed by atoms with Gasteiger partial charge in [0, 0.05) is 13.1 Å². The number of benzene rings is 2. The van der Waals surface area contributed by atoms with Gasteiger partial charge >= 0.3 is 0 Å². The highest BCUT2D eigenvalue weighted by Gasteiger charge is 2.30. The molecule has 1 atom stereocenters. The molecular weight excluding hydrogens is 379 g/mol. The predicted molar refractivity (Wildman–Crippen MR) is 117 cm³/mol. The van der Waals surface area contributed by atoms with E-state index in [9.17, 15) is 0 Å². The van der Waals surface area contributed by atoms with Crippen LogP contribution >= 0.6 is 0 Å². The second kappa shape index (κ2) is 9.11. The van der Waals surface area contributed by atoms with Crippen LogP contribution in [0.2, 0.25) is 0 Å². The maximum atomic E-state index is 15.3. The Hall–Kier alpha value is -3.15. The third kappa shape index (κ3) is 4.22. The van der Waals surface area contributed by atoms with Crippen LogP contribution in [0.4, 0.5) is 16.0 Å². The van der Waals surface area contributed by atoms with E-state index in [1.54, 1.807) is 7.11 Å². The number of ether oxygens (including phenoxy) is 1. The van der Waals surface area contributed by atoms with E-state index >= 15 is 4.39 Å². The van der Waals surface area contributed by atoms with Gasteiger partial charge in [-0.3, -0.25) is 0 Å². The molecule has 3 aromatic rings. The summed E-state index contributed by atoms with van der Waals surface area (Å²) in [6.07, 6.45) is 4.37. The Bertz CT molecular complexity index is 993. The maximum Gasteiger partial charge on any atom is 0.207 e. The Labute approximate surface area is 176 Å². The lowest BCUT2D eigenvalue weighted by Crippen LogP contribution is -2.25. The molecule has 1 N–H and O–H groups in total. The van der Waals surface area contributed by atoms with Gasteiger partial charge in [0.25, 0.3) is 0 Å². The van der Waals surface area contributed by atoms with E-state index < -0.39 is 5.82 Å². The molecule has 156 valence electrons. The van der Waals surface area contributed by atoms with Crippen molar-refractivity contribution in [3.05, 3.63) is 77.4 Å². The molecule has 0 saturated carbocycles. The molecule has 0 spiro atoms. The Morgan fingerprint density at radius 3 is 2.70 bits per heavy atom. The molecule has 1 fully saturated rings. The number of aromatic nitrogens is 2. The normalized spacial score (nSPS) is 16.0. The standard InChI is InChI=1S/C24H27FN4O/c1-3-17-9-11-18(12-10-17)15-26-23-22(25)24(28-16-27-23)29-13-5-8-21(29)19-6-4-7-20(14-19)30-2/h4,6-7,9-12,14,16,21H,3,5,8,13,15H2,1-2H3,(H,26,27,28). The number of rotatable bonds is 7. The zero-order valence-electron chi connectivity index (χ0n) is 17.4. The van der Waals surface area contributed by atoms with Gasteiger partial charge in [-0.25, -0.2) is 9.97 Å². The Morgan fingerprint density at radius 2 is 1.93 bits per heavy atom. The van der Waals surface area contributed by atoms with Crippen molar-refractivity contribution in [2.75, 3.05) is 23.9 Å². The second-order valence-corrected chi connectivity index (χ2v) is 7.51. The van der Waals surface area contributed by atoms with Crippen LogP contribution in [-0.2, 0) is 13.0 Å². The number of methoxy groups -OCH3 is 1. The van der Waals surface area contributed by atoms with Crippen molar-refractivity contribution < 1.29 is 9.13 Å². The van der Waals surface area contributed by atoms with Gasteiger partial charge in [0.2, 0.25) is 5.82 Å². The van der Waals surface area contributed by atoms with Gasteiger partial charge in [-0.1, -0.05) is 43.3 Å². The minimum Gasteiger partial charge on any atom is -0.497 e. The van der Waals surface area contributed by atoms with Crippen molar-refractivity contribution in [2.24, 2.45) is 0 Å². The first-order valence-electron chi connectivity index (χ1n) is 10.4. The van der Waals surface area contributed by atoms with Crippen LogP contribution in [0.15, 0.2) is 54.9 Å². The van der Waals surface area contributed by atoms with Gasteiger partial charge in [-0.2, -0.15) is 4.39 Å². The number of hydrogen-bond donors (Lipinski definition) is 1. The lowest BCUT2D eigenvalue weighted by molar-refractivity contribution is 0.413. The highest BCUT2D eigenvalue weighted by molar-refractivity contribution is 5.53. The molecule has 1 unspecified atom stereocenters. The number of nitrogens with one attached hydrogen (secondary N) is 1. The molecule has 5 nitrogen and oxygen atoms in total. The van der Waals surface area contributed by atoms with Crippen LogP contribution in [0.3, 0.4) is 0 Å². The number of nitrogens with zero attached hydrogens (tertiary/aromatic N) is 3. The van der Waals surface area contributed by atoms with Crippen LogP contribution in [0.1, 0.15) is 42.5 Å². The molecule has 1 aliphatic rings. The summed E-state index contributed by atoms with van der Waals surface area (Å²) in [6.45, 7) is 3.40. The molecule has 2 aromatic carbocycles. The highest BCUT2D eigenvalue weighted by atomic mass is 19.1. The first-order valence-corrected chi connectivity index (χ1v) is 10.4. The van der Waals surface area contributed by atoms with E-state index in [1.807, 2.05) is 23.1 Å². The van der Waals surface area contributed by atoms with E-state index in [0.29, 0.717) is 12.4 Å². The van der Waals surface area contributed by atoms with Crippen molar-refractivity contribution in [1.82, 2.24) is 9.97 Å². The van der Waals surface area contributed by atoms with Gasteiger partial charge in [0.1, 0.15) is 12.1 Å². The van der Waals surface area contributed by atoms with E-state index in [-0.39, 0.29) is 11.9 Å². The summed E-state index contributed by atoms with van der Waals surface area (Å²) in [6, 6.07) is 16.4. The van der Waals surface area contributed by atoms with Crippen molar-refractivity contribution in [3.63, 3.8) is 0 Å².